The quantitative estimate of drug-likeness (QED) is 0.747. The fraction of sp³-hybridized carbons (Fsp3) is 0.471. The van der Waals surface area contributed by atoms with Crippen molar-refractivity contribution in [2.24, 2.45) is 0 Å². The highest BCUT2D eigenvalue weighted by Gasteiger charge is 2.22. The fourth-order valence-corrected chi connectivity index (χ4v) is 3.79. The maximum Gasteiger partial charge on any atom is 0.233 e. The molecule has 0 saturated heterocycles. The first-order chi connectivity index (χ1) is 12.1. The van der Waals surface area contributed by atoms with Crippen LogP contribution in [-0.4, -0.2) is 39.5 Å². The zero-order valence-electron chi connectivity index (χ0n) is 14.2. The molecule has 1 heterocycles. The molecule has 1 aromatic carbocycles. The second-order valence-corrected chi connectivity index (χ2v) is 7.81. The monoisotopic (exact) mass is 380 g/mol. The van der Waals surface area contributed by atoms with Crippen LogP contribution in [-0.2, 0) is 4.79 Å². The van der Waals surface area contributed by atoms with Gasteiger partial charge in [0.15, 0.2) is 5.82 Å². The molecule has 0 unspecified atom stereocenters. The Morgan fingerprint density at radius 3 is 2.92 bits per heavy atom. The van der Waals surface area contributed by atoms with Crippen LogP contribution in [0.15, 0.2) is 23.4 Å². The van der Waals surface area contributed by atoms with Gasteiger partial charge in [0.25, 0.3) is 0 Å². The third-order valence-electron chi connectivity index (χ3n) is 4.23. The van der Waals surface area contributed by atoms with Crippen LogP contribution in [0.1, 0.15) is 32.6 Å². The number of nitrogens with zero attached hydrogens (tertiary/aromatic N) is 2. The zero-order chi connectivity index (χ0) is 17.8. The Hall–Kier alpha value is -1.73. The Kier molecular flexibility index (Phi) is 5.86. The van der Waals surface area contributed by atoms with Gasteiger partial charge in [-0.25, -0.2) is 4.98 Å². The van der Waals surface area contributed by atoms with Crippen molar-refractivity contribution in [3.63, 3.8) is 0 Å². The van der Waals surface area contributed by atoms with Crippen LogP contribution in [0, 0.1) is 0 Å². The highest BCUT2D eigenvalue weighted by atomic mass is 35.5. The summed E-state index contributed by atoms with van der Waals surface area (Å²) in [5, 5.41) is 11.0. The lowest BCUT2D eigenvalue weighted by atomic mass is 10.2. The third-order valence-corrected chi connectivity index (χ3v) is 5.43. The van der Waals surface area contributed by atoms with E-state index in [0.29, 0.717) is 27.8 Å². The number of carbonyl (C=O) groups excluding carboxylic acids is 1. The standard InChI is InChI=1S/C17H21ClN4O2S/c1-10(16(23)19-12-5-3-4-6-12)25-17-20-15(21-22-17)13-9-11(18)7-8-14(13)24-2/h7-10,12H,3-6H2,1-2H3,(H,19,23)(H,20,21,22)/t10-/m1/s1. The Balaban J connectivity index is 1.67. The van der Waals surface area contributed by atoms with E-state index >= 15 is 0 Å². The summed E-state index contributed by atoms with van der Waals surface area (Å²) in [6.07, 6.45) is 4.53. The van der Waals surface area contributed by atoms with Crippen molar-refractivity contribution in [1.29, 1.82) is 0 Å². The van der Waals surface area contributed by atoms with Crippen LogP contribution in [0.5, 0.6) is 5.75 Å². The Morgan fingerprint density at radius 1 is 1.44 bits per heavy atom. The molecule has 1 fully saturated rings. The molecule has 2 N–H and O–H groups in total. The molecular weight excluding hydrogens is 360 g/mol. The van der Waals surface area contributed by atoms with E-state index in [1.807, 2.05) is 6.92 Å². The number of ether oxygens (including phenoxy) is 1. The first kappa shape index (κ1) is 18.1. The summed E-state index contributed by atoms with van der Waals surface area (Å²) >= 11 is 7.39. The highest BCUT2D eigenvalue weighted by Crippen LogP contribution is 2.31. The molecule has 1 amide bonds. The molecule has 1 saturated carbocycles. The third kappa shape index (κ3) is 4.46. The Labute approximate surface area is 156 Å². The molecule has 25 heavy (non-hydrogen) atoms. The first-order valence-electron chi connectivity index (χ1n) is 8.30. The van der Waals surface area contributed by atoms with E-state index < -0.39 is 0 Å². The number of thioether (sulfide) groups is 1. The second-order valence-electron chi connectivity index (χ2n) is 6.06. The van der Waals surface area contributed by atoms with Crippen LogP contribution >= 0.6 is 23.4 Å². The highest BCUT2D eigenvalue weighted by molar-refractivity contribution is 8.00. The number of H-pyrrole nitrogens is 1. The van der Waals surface area contributed by atoms with Gasteiger partial charge in [0.2, 0.25) is 11.1 Å². The van der Waals surface area contributed by atoms with Crippen molar-refractivity contribution in [3.05, 3.63) is 23.2 Å². The van der Waals surface area contributed by atoms with E-state index in [-0.39, 0.29) is 11.2 Å². The lowest BCUT2D eigenvalue weighted by Gasteiger charge is -2.15. The maximum absolute atomic E-state index is 12.3. The molecule has 0 spiro atoms. The molecule has 3 rings (SSSR count). The lowest BCUT2D eigenvalue weighted by molar-refractivity contribution is -0.120. The van der Waals surface area contributed by atoms with Gasteiger partial charge in [-0.2, -0.15) is 0 Å². The molecule has 2 aromatic rings. The van der Waals surface area contributed by atoms with Crippen LogP contribution in [0.4, 0.5) is 0 Å². The lowest BCUT2D eigenvalue weighted by Crippen LogP contribution is -2.37. The number of benzene rings is 1. The predicted molar refractivity (Wildman–Crippen MR) is 99.1 cm³/mol. The predicted octanol–water partition coefficient (Wildman–Crippen LogP) is 3.67. The summed E-state index contributed by atoms with van der Waals surface area (Å²) < 4.78 is 5.34. The van der Waals surface area contributed by atoms with Gasteiger partial charge in [0.05, 0.1) is 17.9 Å². The van der Waals surface area contributed by atoms with Crippen LogP contribution in [0.2, 0.25) is 5.02 Å². The Morgan fingerprint density at radius 2 is 2.20 bits per heavy atom. The van der Waals surface area contributed by atoms with Crippen molar-refractivity contribution in [2.75, 3.05) is 7.11 Å². The minimum Gasteiger partial charge on any atom is -0.496 e. The van der Waals surface area contributed by atoms with Gasteiger partial charge >= 0.3 is 0 Å². The van der Waals surface area contributed by atoms with Gasteiger partial charge in [-0.1, -0.05) is 36.2 Å². The molecule has 134 valence electrons. The average Bonchev–Trinajstić information content (AvgIpc) is 3.26. The topological polar surface area (TPSA) is 79.9 Å². The fourth-order valence-electron chi connectivity index (χ4n) is 2.89. The maximum atomic E-state index is 12.3. The minimum atomic E-state index is -0.259. The van der Waals surface area contributed by atoms with Gasteiger partial charge in [0.1, 0.15) is 5.75 Å². The largest absolute Gasteiger partial charge is 0.496 e. The Bertz CT molecular complexity index is 746. The van der Waals surface area contributed by atoms with E-state index in [0.717, 1.165) is 18.4 Å². The minimum absolute atomic E-state index is 0.0311. The smallest absolute Gasteiger partial charge is 0.233 e. The second kappa shape index (κ2) is 8.10. The summed E-state index contributed by atoms with van der Waals surface area (Å²) in [6.45, 7) is 1.87. The summed E-state index contributed by atoms with van der Waals surface area (Å²) in [4.78, 5) is 16.8. The number of hydrogen-bond acceptors (Lipinski definition) is 5. The van der Waals surface area contributed by atoms with E-state index in [2.05, 4.69) is 20.5 Å². The number of methoxy groups -OCH3 is 1. The van der Waals surface area contributed by atoms with Crippen LogP contribution < -0.4 is 10.1 Å². The van der Waals surface area contributed by atoms with E-state index in [1.165, 1.54) is 24.6 Å². The van der Waals surface area contributed by atoms with Crippen LogP contribution in [0.3, 0.4) is 0 Å². The SMILES string of the molecule is COc1ccc(Cl)cc1-c1nc(S[C@H](C)C(=O)NC2CCCC2)n[nH]1. The summed E-state index contributed by atoms with van der Waals surface area (Å²) in [5.41, 5.74) is 0.734. The molecule has 8 heteroatoms. The molecule has 0 radical (unpaired) electrons. The van der Waals surface area contributed by atoms with Gasteiger partial charge in [-0.05, 0) is 38.0 Å². The molecule has 6 nitrogen and oxygen atoms in total. The van der Waals surface area contributed by atoms with E-state index in [9.17, 15) is 4.79 Å². The van der Waals surface area contributed by atoms with Crippen molar-refractivity contribution < 1.29 is 9.53 Å². The number of aromatic nitrogens is 3. The van der Waals surface area contributed by atoms with Gasteiger partial charge < -0.3 is 10.1 Å². The number of halogens is 1. The summed E-state index contributed by atoms with van der Waals surface area (Å²) in [5.74, 6) is 1.25. The molecule has 0 bridgehead atoms. The van der Waals surface area contributed by atoms with Gasteiger partial charge in [0, 0.05) is 11.1 Å². The van der Waals surface area contributed by atoms with Gasteiger partial charge in [-0.15, -0.1) is 5.10 Å². The van der Waals surface area contributed by atoms with Crippen molar-refractivity contribution in [3.8, 4) is 17.1 Å². The number of hydrogen-bond donors (Lipinski definition) is 2. The normalized spacial score (nSPS) is 16.0. The number of amides is 1. The van der Waals surface area contributed by atoms with Crippen LogP contribution in [0.25, 0.3) is 11.4 Å². The number of nitrogens with one attached hydrogen (secondary N) is 2. The average molecular weight is 381 g/mol. The number of aromatic amines is 1. The number of carbonyl (C=O) groups is 1. The molecule has 1 aliphatic carbocycles. The first-order valence-corrected chi connectivity index (χ1v) is 9.56. The molecule has 0 aliphatic heterocycles. The van der Waals surface area contributed by atoms with E-state index in [4.69, 9.17) is 16.3 Å². The summed E-state index contributed by atoms with van der Waals surface area (Å²) in [6, 6.07) is 5.62. The van der Waals surface area contributed by atoms with Gasteiger partial charge in [-0.3, -0.25) is 9.89 Å². The summed E-state index contributed by atoms with van der Waals surface area (Å²) in [7, 11) is 1.59. The van der Waals surface area contributed by atoms with Crippen molar-refractivity contribution >= 4 is 29.3 Å². The molecular formula is C17H21ClN4O2S. The zero-order valence-corrected chi connectivity index (χ0v) is 15.8. The van der Waals surface area contributed by atoms with Crippen molar-refractivity contribution in [2.45, 2.75) is 49.1 Å². The molecule has 1 aliphatic rings. The number of rotatable bonds is 6. The van der Waals surface area contributed by atoms with Crippen molar-refractivity contribution in [1.82, 2.24) is 20.5 Å². The molecule has 1 aromatic heterocycles. The molecule has 1 atom stereocenters. The van der Waals surface area contributed by atoms with E-state index in [1.54, 1.807) is 25.3 Å².